The predicted octanol–water partition coefficient (Wildman–Crippen LogP) is 0.294. The van der Waals surface area contributed by atoms with Crippen molar-refractivity contribution in [3.8, 4) is 5.75 Å². The summed E-state index contributed by atoms with van der Waals surface area (Å²) in [6, 6.07) is 1.21. The number of likely N-dealkylation sites (tertiary alicyclic amines) is 1. The number of nitrogens with two attached hydrogens (primary N) is 1. The van der Waals surface area contributed by atoms with E-state index >= 15 is 4.39 Å². The molecule has 4 aliphatic rings. The van der Waals surface area contributed by atoms with Gasteiger partial charge in [-0.1, -0.05) is 0 Å². The molecule has 13 heteroatoms. The standard InChI is InChI=1S/C27H31FN4O8/c1-31(2)13-3-4-32(9-13)10-18(34)30-16-8-15(28)14-6-11-5-12-7-17(33)21(26(29)39)25(38)27(12,40)24(37)19(11)23(36)20(14)22(16)35/h8,11-13,33,35,37,40H,3-7,9-10H2,1-2H3,(H2,29,39)(H,30,34)/t11?,12-,13+,27-/m0/s1. The molecule has 1 aromatic carbocycles. The zero-order valence-electron chi connectivity index (χ0n) is 22.0. The van der Waals surface area contributed by atoms with Gasteiger partial charge < -0.3 is 36.4 Å². The van der Waals surface area contributed by atoms with Crippen molar-refractivity contribution in [2.45, 2.75) is 37.3 Å². The van der Waals surface area contributed by atoms with E-state index < -0.39 is 80.6 Å². The maximum atomic E-state index is 15.3. The molecule has 1 unspecified atom stereocenters. The fraction of sp³-hybridized carbons (Fsp3) is 0.481. The van der Waals surface area contributed by atoms with Crippen LogP contribution in [-0.2, 0) is 20.8 Å². The number of likely N-dealkylation sites (N-methyl/N-ethyl adjacent to an activating group) is 1. The van der Waals surface area contributed by atoms with E-state index in [2.05, 4.69) is 10.2 Å². The fourth-order valence-corrected chi connectivity index (χ4v) is 6.51. The number of phenolic OH excluding ortho intramolecular Hbond substituents is 1. The number of benzene rings is 1. The molecule has 1 aliphatic heterocycles. The topological polar surface area (TPSA) is 194 Å². The molecule has 0 radical (unpaired) electrons. The number of rotatable bonds is 5. The number of halogens is 1. The van der Waals surface area contributed by atoms with Gasteiger partial charge in [0.2, 0.25) is 11.7 Å². The van der Waals surface area contributed by atoms with E-state index in [0.717, 1.165) is 12.5 Å². The monoisotopic (exact) mass is 558 g/mol. The number of aliphatic hydroxyl groups is 3. The van der Waals surface area contributed by atoms with E-state index in [9.17, 15) is 39.6 Å². The molecule has 0 aromatic heterocycles. The largest absolute Gasteiger partial charge is 0.511 e. The van der Waals surface area contributed by atoms with Crippen LogP contribution in [0.3, 0.4) is 0 Å². The first-order chi connectivity index (χ1) is 18.7. The molecule has 2 amide bonds. The Bertz CT molecular complexity index is 1420. The third kappa shape index (κ3) is 4.16. The molecular formula is C27H31FN4O8. The maximum absolute atomic E-state index is 15.3. The average Bonchev–Trinajstić information content (AvgIpc) is 3.33. The molecule has 5 rings (SSSR count). The first-order valence-electron chi connectivity index (χ1n) is 13.0. The molecule has 1 saturated heterocycles. The van der Waals surface area contributed by atoms with Crippen molar-refractivity contribution in [2.24, 2.45) is 17.6 Å². The second-order valence-corrected chi connectivity index (χ2v) is 11.2. The van der Waals surface area contributed by atoms with Crippen molar-refractivity contribution in [2.75, 3.05) is 39.0 Å². The van der Waals surface area contributed by atoms with Crippen LogP contribution in [0.4, 0.5) is 10.1 Å². The maximum Gasteiger partial charge on any atom is 0.255 e. The van der Waals surface area contributed by atoms with Crippen LogP contribution in [0.15, 0.2) is 28.7 Å². The lowest BCUT2D eigenvalue weighted by Gasteiger charge is -2.45. The Morgan fingerprint density at radius 1 is 1.23 bits per heavy atom. The zero-order chi connectivity index (χ0) is 29.3. The van der Waals surface area contributed by atoms with Crippen LogP contribution in [0.2, 0.25) is 0 Å². The van der Waals surface area contributed by atoms with Crippen LogP contribution in [0.5, 0.6) is 5.75 Å². The van der Waals surface area contributed by atoms with Crippen molar-refractivity contribution < 1.29 is 44.0 Å². The number of aliphatic hydroxyl groups excluding tert-OH is 2. The zero-order valence-corrected chi connectivity index (χ0v) is 22.0. The lowest BCUT2D eigenvalue weighted by Crippen LogP contribution is -2.57. The van der Waals surface area contributed by atoms with Gasteiger partial charge in [0.05, 0.1) is 17.8 Å². The molecule has 0 spiro atoms. The van der Waals surface area contributed by atoms with Gasteiger partial charge in [-0.3, -0.25) is 24.1 Å². The van der Waals surface area contributed by atoms with Crippen molar-refractivity contribution in [1.82, 2.24) is 9.80 Å². The van der Waals surface area contributed by atoms with Gasteiger partial charge in [0, 0.05) is 48.7 Å². The quantitative estimate of drug-likeness (QED) is 0.216. The highest BCUT2D eigenvalue weighted by Crippen LogP contribution is 2.52. The van der Waals surface area contributed by atoms with Gasteiger partial charge >= 0.3 is 0 Å². The lowest BCUT2D eigenvalue weighted by atomic mass is 9.60. The van der Waals surface area contributed by atoms with Gasteiger partial charge in [-0.05, 0) is 39.3 Å². The summed E-state index contributed by atoms with van der Waals surface area (Å²) in [5, 5.41) is 46.0. The summed E-state index contributed by atoms with van der Waals surface area (Å²) in [6.07, 6.45) is 0.229. The Balaban J connectivity index is 1.47. The van der Waals surface area contributed by atoms with Gasteiger partial charge in [0.1, 0.15) is 22.9 Å². The molecule has 1 aromatic rings. The van der Waals surface area contributed by atoms with Crippen molar-refractivity contribution in [1.29, 1.82) is 0 Å². The number of anilines is 1. The number of aromatic hydroxyl groups is 1. The summed E-state index contributed by atoms with van der Waals surface area (Å²) in [5.41, 5.74) is 0.230. The number of ketones is 2. The number of nitrogens with zero attached hydrogens (tertiary/aromatic N) is 2. The molecule has 7 N–H and O–H groups in total. The van der Waals surface area contributed by atoms with Crippen LogP contribution < -0.4 is 11.1 Å². The normalized spacial score (nSPS) is 28.5. The van der Waals surface area contributed by atoms with Crippen molar-refractivity contribution in [3.05, 3.63) is 45.7 Å². The summed E-state index contributed by atoms with van der Waals surface area (Å²) in [4.78, 5) is 55.1. The number of hydrogen-bond acceptors (Lipinski definition) is 10. The molecule has 214 valence electrons. The molecule has 1 heterocycles. The number of nitrogens with one attached hydrogen (secondary N) is 1. The Labute approximate surface area is 228 Å². The van der Waals surface area contributed by atoms with Gasteiger partial charge in [-0.2, -0.15) is 0 Å². The highest BCUT2D eigenvalue weighted by atomic mass is 19.1. The smallest absolute Gasteiger partial charge is 0.255 e. The van der Waals surface area contributed by atoms with E-state index in [1.165, 1.54) is 0 Å². The third-order valence-corrected chi connectivity index (χ3v) is 8.63. The summed E-state index contributed by atoms with van der Waals surface area (Å²) >= 11 is 0. The molecule has 1 fully saturated rings. The summed E-state index contributed by atoms with van der Waals surface area (Å²) in [5.74, 6) is -9.39. The number of carbonyl (C=O) groups excluding carboxylic acids is 4. The predicted molar refractivity (Wildman–Crippen MR) is 138 cm³/mol. The van der Waals surface area contributed by atoms with Crippen LogP contribution in [0.25, 0.3) is 0 Å². The summed E-state index contributed by atoms with van der Waals surface area (Å²) < 4.78 is 15.3. The number of hydrogen-bond donors (Lipinski definition) is 6. The highest BCUT2D eigenvalue weighted by molar-refractivity contribution is 6.24. The number of allylic oxidation sites excluding steroid dienone is 2. The molecule has 0 bridgehead atoms. The van der Waals surface area contributed by atoms with E-state index in [1.54, 1.807) is 0 Å². The number of Topliss-reactive ketones (excluding diaryl/α,β-unsaturated/α-hetero) is 2. The molecule has 3 aliphatic carbocycles. The fourth-order valence-electron chi connectivity index (χ4n) is 6.51. The van der Waals surface area contributed by atoms with E-state index in [1.807, 2.05) is 19.0 Å². The van der Waals surface area contributed by atoms with Crippen molar-refractivity contribution >= 4 is 29.1 Å². The van der Waals surface area contributed by atoms with E-state index in [-0.39, 0.29) is 43.1 Å². The summed E-state index contributed by atoms with van der Waals surface area (Å²) in [6.45, 7) is 1.33. The van der Waals surface area contributed by atoms with Gasteiger partial charge in [0.15, 0.2) is 17.1 Å². The van der Waals surface area contributed by atoms with E-state index in [0.29, 0.717) is 13.1 Å². The summed E-state index contributed by atoms with van der Waals surface area (Å²) in [7, 11) is 3.90. The minimum absolute atomic E-state index is 0.0104. The third-order valence-electron chi connectivity index (χ3n) is 8.63. The SMILES string of the molecule is CN(C)[C@@H]1CCN(CC(=O)Nc2cc(F)c3c(c2O)C(=O)C2=C(O)[C@]4(O)C(=O)C(C(N)=O)=C(O)C[C@@H]4CC2C3)C1. The molecule has 40 heavy (non-hydrogen) atoms. The second kappa shape index (κ2) is 9.68. The number of carbonyl (C=O) groups is 4. The molecule has 12 nitrogen and oxygen atoms in total. The number of primary amides is 1. The molecule has 0 saturated carbocycles. The Hall–Kier alpha value is -3.81. The van der Waals surface area contributed by atoms with Gasteiger partial charge in [-0.25, -0.2) is 4.39 Å². The number of fused-ring (bicyclic) bond motifs is 3. The Kier molecular flexibility index (Phi) is 6.71. The van der Waals surface area contributed by atoms with Crippen LogP contribution >= 0.6 is 0 Å². The Morgan fingerprint density at radius 2 is 1.93 bits per heavy atom. The van der Waals surface area contributed by atoms with Gasteiger partial charge in [0.25, 0.3) is 5.91 Å². The second-order valence-electron chi connectivity index (χ2n) is 11.2. The first kappa shape index (κ1) is 27.7. The minimum Gasteiger partial charge on any atom is -0.511 e. The number of phenols is 1. The molecular weight excluding hydrogens is 527 g/mol. The Morgan fingerprint density at radius 3 is 2.55 bits per heavy atom. The van der Waals surface area contributed by atoms with Crippen LogP contribution in [-0.4, -0.2) is 99.0 Å². The van der Waals surface area contributed by atoms with Crippen LogP contribution in [0.1, 0.15) is 35.2 Å². The van der Waals surface area contributed by atoms with Crippen LogP contribution in [0, 0.1) is 17.7 Å². The lowest BCUT2D eigenvalue weighted by molar-refractivity contribution is -0.144. The van der Waals surface area contributed by atoms with Gasteiger partial charge in [-0.15, -0.1) is 0 Å². The highest BCUT2D eigenvalue weighted by Gasteiger charge is 2.59. The number of amides is 2. The van der Waals surface area contributed by atoms with E-state index in [4.69, 9.17) is 5.73 Å². The van der Waals surface area contributed by atoms with Crippen molar-refractivity contribution in [3.63, 3.8) is 0 Å². The average molecular weight is 559 g/mol. The minimum atomic E-state index is -2.71. The first-order valence-corrected chi connectivity index (χ1v) is 13.0. The molecule has 4 atom stereocenters.